The van der Waals surface area contributed by atoms with Gasteiger partial charge in [-0.25, -0.2) is 0 Å². The second kappa shape index (κ2) is 6.41. The van der Waals surface area contributed by atoms with Gasteiger partial charge in [-0.2, -0.15) is 0 Å². The van der Waals surface area contributed by atoms with Gasteiger partial charge in [-0.3, -0.25) is 0 Å². The van der Waals surface area contributed by atoms with Crippen molar-refractivity contribution in [2.45, 2.75) is 96.3 Å². The van der Waals surface area contributed by atoms with Crippen LogP contribution in [0.4, 0.5) is 0 Å². The first-order chi connectivity index (χ1) is 9.67. The highest BCUT2D eigenvalue weighted by molar-refractivity contribution is 7.80. The zero-order chi connectivity index (χ0) is 15.7. The number of quaternary nitrogens is 1. The van der Waals surface area contributed by atoms with Gasteiger partial charge in [-0.05, 0) is 58.7 Å². The molecule has 1 heterocycles. The van der Waals surface area contributed by atoms with Crippen LogP contribution in [0.1, 0.15) is 73.1 Å². The number of nitrogens with one attached hydrogen (secondary N) is 2. The number of thiocarbonyl (C=S) groups is 1. The Kier molecular flexibility index (Phi) is 5.19. The van der Waals surface area contributed by atoms with E-state index in [1.54, 1.807) is 0 Å². The van der Waals surface area contributed by atoms with Crippen LogP contribution in [0.2, 0.25) is 0 Å². The number of piperidine rings is 1. The van der Waals surface area contributed by atoms with Crippen molar-refractivity contribution in [3.63, 3.8) is 0 Å². The highest BCUT2D eigenvalue weighted by Gasteiger charge is 2.41. The lowest BCUT2D eigenvalue weighted by molar-refractivity contribution is -0.787. The van der Waals surface area contributed by atoms with Crippen LogP contribution >= 0.6 is 12.2 Å². The van der Waals surface area contributed by atoms with Crippen molar-refractivity contribution in [2.24, 2.45) is 5.92 Å². The van der Waals surface area contributed by atoms with Gasteiger partial charge in [0.1, 0.15) is 0 Å². The van der Waals surface area contributed by atoms with Crippen LogP contribution < -0.4 is 16.0 Å². The molecule has 1 saturated carbocycles. The summed E-state index contributed by atoms with van der Waals surface area (Å²) in [4.78, 5) is 0. The molecule has 0 radical (unpaired) electrons. The summed E-state index contributed by atoms with van der Waals surface area (Å²) in [6.45, 7) is 11.7. The van der Waals surface area contributed by atoms with Crippen molar-refractivity contribution in [2.75, 3.05) is 0 Å². The van der Waals surface area contributed by atoms with Crippen LogP contribution in [0, 0.1) is 5.92 Å². The maximum absolute atomic E-state index is 5.59. The van der Waals surface area contributed by atoms with E-state index >= 15 is 0 Å². The Bertz CT molecular complexity index is 362. The predicted octanol–water partition coefficient (Wildman–Crippen LogP) is 2.31. The summed E-state index contributed by atoms with van der Waals surface area (Å²) in [6.07, 6.45) is 7.64. The average molecular weight is 313 g/mol. The lowest BCUT2D eigenvalue weighted by Gasteiger charge is -2.43. The average Bonchev–Trinajstić information content (AvgIpc) is 2.27. The summed E-state index contributed by atoms with van der Waals surface area (Å²) < 4.78 is 0. The van der Waals surface area contributed by atoms with Gasteiger partial charge in [-0.15, -0.1) is 0 Å². The van der Waals surface area contributed by atoms with E-state index in [1.807, 2.05) is 0 Å². The highest BCUT2D eigenvalue weighted by Crippen LogP contribution is 2.24. The molecule has 3 nitrogen and oxygen atoms in total. The van der Waals surface area contributed by atoms with E-state index in [9.17, 15) is 0 Å². The van der Waals surface area contributed by atoms with Crippen LogP contribution in [-0.2, 0) is 0 Å². The van der Waals surface area contributed by atoms with Crippen LogP contribution in [0.5, 0.6) is 0 Å². The molecule has 1 saturated heterocycles. The quantitative estimate of drug-likeness (QED) is 0.685. The molecule has 2 rings (SSSR count). The minimum absolute atomic E-state index is 0.285. The first-order valence-electron chi connectivity index (χ1n) is 8.61. The standard InChI is InChI=1S/C17H33N3S/c1-12-8-6-7-9-14(12)19-15(21)18-13-10-16(2,3)20-17(4,5)11-13/h12-14,20H,6-11H2,1-5H3,(H2,18,19,21)/p+1/t12-,14+/m1/s1. The number of hydrogen-bond donors (Lipinski definition) is 3. The van der Waals surface area contributed by atoms with E-state index in [1.165, 1.54) is 38.5 Å². The third-order valence-corrected chi connectivity index (χ3v) is 5.33. The molecule has 2 aliphatic rings. The molecule has 0 amide bonds. The molecule has 0 bridgehead atoms. The van der Waals surface area contributed by atoms with Crippen molar-refractivity contribution >= 4 is 17.3 Å². The lowest BCUT2D eigenvalue weighted by atomic mass is 9.79. The van der Waals surface area contributed by atoms with Gasteiger partial charge in [0.25, 0.3) is 0 Å². The second-order valence-corrected chi connectivity index (χ2v) is 9.12. The van der Waals surface area contributed by atoms with Gasteiger partial charge in [0.2, 0.25) is 0 Å². The third-order valence-electron chi connectivity index (χ3n) is 5.09. The smallest absolute Gasteiger partial charge is 0.166 e. The van der Waals surface area contributed by atoms with Crippen molar-refractivity contribution in [1.29, 1.82) is 0 Å². The van der Waals surface area contributed by atoms with Gasteiger partial charge in [-0.1, -0.05) is 19.8 Å². The molecule has 2 atom stereocenters. The van der Waals surface area contributed by atoms with Crippen molar-refractivity contribution in [3.05, 3.63) is 0 Å². The van der Waals surface area contributed by atoms with Crippen LogP contribution in [0.15, 0.2) is 0 Å². The summed E-state index contributed by atoms with van der Waals surface area (Å²) in [5, 5.41) is 10.6. The molecule has 21 heavy (non-hydrogen) atoms. The second-order valence-electron chi connectivity index (χ2n) is 8.71. The van der Waals surface area contributed by atoms with E-state index in [0.29, 0.717) is 12.1 Å². The molecule has 4 heteroatoms. The van der Waals surface area contributed by atoms with Gasteiger partial charge in [0, 0.05) is 24.9 Å². The summed E-state index contributed by atoms with van der Waals surface area (Å²) in [5.74, 6) is 0.742. The van der Waals surface area contributed by atoms with E-state index in [4.69, 9.17) is 12.2 Å². The molecule has 1 aliphatic heterocycles. The topological polar surface area (TPSA) is 40.7 Å². The number of hydrogen-bond acceptors (Lipinski definition) is 1. The van der Waals surface area contributed by atoms with E-state index in [-0.39, 0.29) is 11.1 Å². The molecule has 2 fully saturated rings. The summed E-state index contributed by atoms with van der Waals surface area (Å²) >= 11 is 5.59. The molecule has 0 unspecified atom stereocenters. The molecule has 0 aromatic rings. The normalized spacial score (nSPS) is 32.4. The van der Waals surface area contributed by atoms with Gasteiger partial charge < -0.3 is 16.0 Å². The highest BCUT2D eigenvalue weighted by atomic mass is 32.1. The Labute approximate surface area is 136 Å². The maximum atomic E-state index is 5.59. The molecule has 4 N–H and O–H groups in total. The first-order valence-corrected chi connectivity index (χ1v) is 9.02. The Balaban J connectivity index is 1.87. The number of rotatable bonds is 2. The van der Waals surface area contributed by atoms with Crippen molar-refractivity contribution in [1.82, 2.24) is 10.6 Å². The Morgan fingerprint density at radius 2 is 1.57 bits per heavy atom. The Morgan fingerprint density at radius 1 is 1.00 bits per heavy atom. The zero-order valence-corrected chi connectivity index (χ0v) is 15.3. The van der Waals surface area contributed by atoms with Crippen molar-refractivity contribution in [3.8, 4) is 0 Å². The van der Waals surface area contributed by atoms with Crippen LogP contribution in [0.3, 0.4) is 0 Å². The maximum Gasteiger partial charge on any atom is 0.166 e. The predicted molar refractivity (Wildman–Crippen MR) is 93.4 cm³/mol. The lowest BCUT2D eigenvalue weighted by Crippen LogP contribution is -3.06. The summed E-state index contributed by atoms with van der Waals surface area (Å²) in [6, 6.07) is 1.05. The SMILES string of the molecule is C[C@@H]1CCCC[C@@H]1NC(=S)NC1CC(C)(C)[NH2+]C(C)(C)C1. The summed E-state index contributed by atoms with van der Waals surface area (Å²) in [5.41, 5.74) is 0.570. The van der Waals surface area contributed by atoms with Gasteiger partial charge >= 0.3 is 0 Å². The minimum atomic E-state index is 0.285. The van der Waals surface area contributed by atoms with Gasteiger partial charge in [0.05, 0.1) is 11.1 Å². The molecule has 0 aromatic heterocycles. The first kappa shape index (κ1) is 17.0. The fraction of sp³-hybridized carbons (Fsp3) is 0.941. The zero-order valence-electron chi connectivity index (χ0n) is 14.5. The monoisotopic (exact) mass is 312 g/mol. The van der Waals surface area contributed by atoms with Gasteiger partial charge in [0.15, 0.2) is 5.11 Å². The Morgan fingerprint density at radius 3 is 2.14 bits per heavy atom. The van der Waals surface area contributed by atoms with E-state index in [0.717, 1.165) is 11.0 Å². The summed E-state index contributed by atoms with van der Waals surface area (Å²) in [7, 11) is 0. The fourth-order valence-electron chi connectivity index (χ4n) is 4.55. The van der Waals surface area contributed by atoms with E-state index < -0.39 is 0 Å². The molecule has 0 spiro atoms. The third kappa shape index (κ3) is 5.10. The number of nitrogens with two attached hydrogens (primary N) is 1. The molecular formula is C17H34N3S+. The minimum Gasteiger partial charge on any atom is -0.360 e. The largest absolute Gasteiger partial charge is 0.360 e. The Hall–Kier alpha value is -0.350. The molecule has 0 aromatic carbocycles. The van der Waals surface area contributed by atoms with Crippen molar-refractivity contribution < 1.29 is 5.32 Å². The fourth-order valence-corrected chi connectivity index (χ4v) is 4.86. The molecule has 1 aliphatic carbocycles. The molecular weight excluding hydrogens is 278 g/mol. The molecule has 122 valence electrons. The van der Waals surface area contributed by atoms with Crippen LogP contribution in [0.25, 0.3) is 0 Å². The van der Waals surface area contributed by atoms with E-state index in [2.05, 4.69) is 50.6 Å². The van der Waals surface area contributed by atoms with Crippen LogP contribution in [-0.4, -0.2) is 28.3 Å².